The second-order valence-electron chi connectivity index (χ2n) is 7.16. The third-order valence-electron chi connectivity index (χ3n) is 5.50. The summed E-state index contributed by atoms with van der Waals surface area (Å²) in [5.74, 6) is 0.212. The first-order chi connectivity index (χ1) is 12.6. The number of piperazine rings is 1. The molecule has 1 N–H and O–H groups in total. The van der Waals surface area contributed by atoms with Gasteiger partial charge in [-0.3, -0.25) is 9.59 Å². The number of fused-ring (bicyclic) bond motifs is 1. The molecule has 0 saturated carbocycles. The minimum Gasteiger partial charge on any atom is -0.368 e. The minimum atomic E-state index is -0.272. The van der Waals surface area contributed by atoms with Crippen molar-refractivity contribution >= 4 is 22.7 Å². The van der Waals surface area contributed by atoms with Crippen molar-refractivity contribution in [2.75, 3.05) is 32.8 Å². The Kier molecular flexibility index (Phi) is 4.68. The van der Waals surface area contributed by atoms with Crippen LogP contribution in [0.5, 0.6) is 0 Å². The Morgan fingerprint density at radius 1 is 1.15 bits per heavy atom. The van der Waals surface area contributed by atoms with Gasteiger partial charge in [-0.2, -0.15) is 0 Å². The van der Waals surface area contributed by atoms with Gasteiger partial charge in [-0.1, -0.05) is 18.2 Å². The number of carbonyl (C=O) groups excluding carboxylic acids is 2. The smallest absolute Gasteiger partial charge is 0.251 e. The van der Waals surface area contributed by atoms with Gasteiger partial charge in [-0.05, 0) is 31.4 Å². The van der Waals surface area contributed by atoms with E-state index in [-0.39, 0.29) is 17.9 Å². The van der Waals surface area contributed by atoms with Crippen molar-refractivity contribution < 1.29 is 14.3 Å². The van der Waals surface area contributed by atoms with E-state index in [2.05, 4.69) is 11.1 Å². The normalized spacial score (nSPS) is 20.7. The largest absolute Gasteiger partial charge is 0.368 e. The van der Waals surface area contributed by atoms with Crippen LogP contribution in [-0.2, 0) is 20.7 Å². The first-order valence-corrected chi connectivity index (χ1v) is 9.38. The van der Waals surface area contributed by atoms with Crippen LogP contribution in [0.15, 0.2) is 24.3 Å². The number of para-hydroxylation sites is 1. The number of aromatic amines is 1. The Balaban J connectivity index is 1.37. The lowest BCUT2D eigenvalue weighted by Gasteiger charge is -2.35. The Labute approximate surface area is 153 Å². The molecule has 1 aromatic carbocycles. The predicted molar refractivity (Wildman–Crippen MR) is 98.9 cm³/mol. The average Bonchev–Trinajstić information content (AvgIpc) is 3.30. The highest BCUT2D eigenvalue weighted by Gasteiger charge is 2.31. The number of amides is 2. The molecule has 0 aliphatic carbocycles. The lowest BCUT2D eigenvalue weighted by Crippen LogP contribution is -2.53. The molecular formula is C20H25N3O3. The summed E-state index contributed by atoms with van der Waals surface area (Å²) >= 11 is 0. The summed E-state index contributed by atoms with van der Waals surface area (Å²) in [6.45, 7) is 5.08. The number of ether oxygens (including phenoxy) is 1. The maximum absolute atomic E-state index is 12.8. The van der Waals surface area contributed by atoms with Gasteiger partial charge in [-0.25, -0.2) is 0 Å². The standard InChI is InChI=1S/C20H25N3O3/c1-14-16(15-5-2-3-6-17(15)21-14)13-19(24)22-8-10-23(11-9-22)20(25)18-7-4-12-26-18/h2-3,5-6,18,21H,4,7-13H2,1H3/t18-/m0/s1. The van der Waals surface area contributed by atoms with Gasteiger partial charge in [0.25, 0.3) is 5.91 Å². The van der Waals surface area contributed by atoms with E-state index in [0.717, 1.165) is 35.0 Å². The topological polar surface area (TPSA) is 65.6 Å². The van der Waals surface area contributed by atoms with Crippen LogP contribution in [0.2, 0.25) is 0 Å². The van der Waals surface area contributed by atoms with Crippen molar-refractivity contribution in [2.45, 2.75) is 32.3 Å². The molecule has 2 aliphatic heterocycles. The maximum atomic E-state index is 12.8. The molecule has 2 fully saturated rings. The molecule has 0 spiro atoms. The van der Waals surface area contributed by atoms with Crippen LogP contribution in [0.25, 0.3) is 10.9 Å². The van der Waals surface area contributed by atoms with Gasteiger partial charge >= 0.3 is 0 Å². The van der Waals surface area contributed by atoms with Crippen LogP contribution in [-0.4, -0.2) is 65.5 Å². The van der Waals surface area contributed by atoms with Gasteiger partial charge in [0.05, 0.1) is 6.42 Å². The van der Waals surface area contributed by atoms with Crippen molar-refractivity contribution in [3.05, 3.63) is 35.5 Å². The summed E-state index contributed by atoms with van der Waals surface area (Å²) in [6, 6.07) is 8.08. The number of hydrogen-bond donors (Lipinski definition) is 1. The zero-order chi connectivity index (χ0) is 18.1. The van der Waals surface area contributed by atoms with Crippen molar-refractivity contribution in [3.8, 4) is 0 Å². The SMILES string of the molecule is Cc1[nH]c2ccccc2c1CC(=O)N1CCN(C(=O)[C@@H]2CCCO2)CC1. The van der Waals surface area contributed by atoms with Gasteiger partial charge in [0, 0.05) is 49.4 Å². The molecule has 1 aromatic heterocycles. The molecule has 0 radical (unpaired) electrons. The van der Waals surface area contributed by atoms with E-state index in [0.29, 0.717) is 39.2 Å². The molecule has 2 amide bonds. The molecule has 1 atom stereocenters. The number of carbonyl (C=O) groups is 2. The summed E-state index contributed by atoms with van der Waals surface area (Å²) in [5.41, 5.74) is 3.19. The summed E-state index contributed by atoms with van der Waals surface area (Å²) in [7, 11) is 0. The Morgan fingerprint density at radius 2 is 1.88 bits per heavy atom. The molecule has 6 heteroatoms. The fraction of sp³-hybridized carbons (Fsp3) is 0.500. The summed E-state index contributed by atoms with van der Waals surface area (Å²) < 4.78 is 5.49. The first-order valence-electron chi connectivity index (χ1n) is 9.38. The Hall–Kier alpha value is -2.34. The highest BCUT2D eigenvalue weighted by molar-refractivity contribution is 5.90. The van der Waals surface area contributed by atoms with Crippen LogP contribution in [0.1, 0.15) is 24.1 Å². The highest BCUT2D eigenvalue weighted by Crippen LogP contribution is 2.23. The molecule has 26 heavy (non-hydrogen) atoms. The molecular weight excluding hydrogens is 330 g/mol. The van der Waals surface area contributed by atoms with Crippen LogP contribution in [0.3, 0.4) is 0 Å². The van der Waals surface area contributed by atoms with E-state index < -0.39 is 0 Å². The molecule has 138 valence electrons. The van der Waals surface area contributed by atoms with Crippen LogP contribution in [0.4, 0.5) is 0 Å². The second-order valence-corrected chi connectivity index (χ2v) is 7.16. The minimum absolute atomic E-state index is 0.0853. The van der Waals surface area contributed by atoms with E-state index in [1.165, 1.54) is 0 Å². The molecule has 4 rings (SSSR count). The van der Waals surface area contributed by atoms with Crippen LogP contribution >= 0.6 is 0 Å². The number of nitrogens with zero attached hydrogens (tertiary/aromatic N) is 2. The monoisotopic (exact) mass is 355 g/mol. The van der Waals surface area contributed by atoms with Gasteiger partial charge in [0.2, 0.25) is 5.91 Å². The number of rotatable bonds is 3. The molecule has 2 aromatic rings. The van der Waals surface area contributed by atoms with Crippen molar-refractivity contribution in [3.63, 3.8) is 0 Å². The van der Waals surface area contributed by atoms with E-state index >= 15 is 0 Å². The average molecular weight is 355 g/mol. The summed E-state index contributed by atoms with van der Waals surface area (Å²) in [6.07, 6.45) is 1.90. The number of aryl methyl sites for hydroxylation is 1. The zero-order valence-electron chi connectivity index (χ0n) is 15.2. The lowest BCUT2D eigenvalue weighted by atomic mass is 10.1. The number of aromatic nitrogens is 1. The third-order valence-corrected chi connectivity index (χ3v) is 5.50. The molecule has 6 nitrogen and oxygen atoms in total. The number of H-pyrrole nitrogens is 1. The Bertz CT molecular complexity index is 815. The predicted octanol–water partition coefficient (Wildman–Crippen LogP) is 1.87. The van der Waals surface area contributed by atoms with E-state index in [1.54, 1.807) is 0 Å². The van der Waals surface area contributed by atoms with Crippen LogP contribution in [0, 0.1) is 6.92 Å². The highest BCUT2D eigenvalue weighted by atomic mass is 16.5. The molecule has 2 saturated heterocycles. The number of benzene rings is 1. The first kappa shape index (κ1) is 17.1. The molecule has 2 aliphatic rings. The summed E-state index contributed by atoms with van der Waals surface area (Å²) in [5, 5.41) is 1.12. The zero-order valence-corrected chi connectivity index (χ0v) is 15.2. The molecule has 3 heterocycles. The maximum Gasteiger partial charge on any atom is 0.251 e. The molecule has 0 bridgehead atoms. The number of hydrogen-bond acceptors (Lipinski definition) is 3. The molecule has 0 unspecified atom stereocenters. The fourth-order valence-corrected chi connectivity index (χ4v) is 3.98. The van der Waals surface area contributed by atoms with Crippen molar-refractivity contribution in [2.24, 2.45) is 0 Å². The lowest BCUT2D eigenvalue weighted by molar-refractivity contribution is -0.145. The third kappa shape index (κ3) is 3.21. The quantitative estimate of drug-likeness (QED) is 0.914. The van der Waals surface area contributed by atoms with E-state index in [9.17, 15) is 9.59 Å². The summed E-state index contributed by atoms with van der Waals surface area (Å²) in [4.78, 5) is 32.3. The second kappa shape index (κ2) is 7.11. The van der Waals surface area contributed by atoms with Gasteiger partial charge in [0.1, 0.15) is 6.10 Å². The van der Waals surface area contributed by atoms with Gasteiger partial charge in [0.15, 0.2) is 0 Å². The number of nitrogens with one attached hydrogen (secondary N) is 1. The van der Waals surface area contributed by atoms with E-state index in [1.807, 2.05) is 34.9 Å². The van der Waals surface area contributed by atoms with Crippen molar-refractivity contribution in [1.29, 1.82) is 0 Å². The fourth-order valence-electron chi connectivity index (χ4n) is 3.98. The van der Waals surface area contributed by atoms with Crippen molar-refractivity contribution in [1.82, 2.24) is 14.8 Å². The van der Waals surface area contributed by atoms with Gasteiger partial charge in [-0.15, -0.1) is 0 Å². The van der Waals surface area contributed by atoms with Crippen LogP contribution < -0.4 is 0 Å². The Morgan fingerprint density at radius 3 is 2.62 bits per heavy atom. The van der Waals surface area contributed by atoms with E-state index in [4.69, 9.17) is 4.74 Å². The van der Waals surface area contributed by atoms with Gasteiger partial charge < -0.3 is 19.5 Å².